The summed E-state index contributed by atoms with van der Waals surface area (Å²) in [7, 11) is 1.32. The minimum atomic E-state index is -0.752. The lowest BCUT2D eigenvalue weighted by molar-refractivity contribution is -0.126. The topological polar surface area (TPSA) is 87.3 Å². The van der Waals surface area contributed by atoms with Gasteiger partial charge in [-0.1, -0.05) is 34.1 Å². The highest BCUT2D eigenvalue weighted by Gasteiger charge is 2.36. The molecule has 0 radical (unpaired) electrons. The second-order valence-corrected chi connectivity index (χ2v) is 7.49. The first kappa shape index (κ1) is 18.5. The summed E-state index contributed by atoms with van der Waals surface area (Å²) in [5.74, 6) is 0.384. The van der Waals surface area contributed by atoms with Crippen LogP contribution in [0.25, 0.3) is 11.0 Å². The smallest absolute Gasteiger partial charge is 0.410 e. The van der Waals surface area contributed by atoms with Crippen molar-refractivity contribution in [3.63, 3.8) is 0 Å². The van der Waals surface area contributed by atoms with Gasteiger partial charge in [-0.2, -0.15) is 0 Å². The van der Waals surface area contributed by atoms with E-state index < -0.39 is 12.1 Å². The zero-order chi connectivity index (χ0) is 19.7. The van der Waals surface area contributed by atoms with Crippen LogP contribution in [0.15, 0.2) is 46.9 Å². The molecule has 1 unspecified atom stereocenters. The van der Waals surface area contributed by atoms with Gasteiger partial charge in [0.05, 0.1) is 24.7 Å². The molecule has 2 amide bonds. The van der Waals surface area contributed by atoms with Crippen molar-refractivity contribution in [2.45, 2.75) is 19.0 Å². The van der Waals surface area contributed by atoms with Crippen LogP contribution in [0.4, 0.5) is 4.79 Å². The molecule has 0 fully saturated rings. The maximum absolute atomic E-state index is 13.1. The summed E-state index contributed by atoms with van der Waals surface area (Å²) in [5.41, 5.74) is 3.60. The molecular weight excluding hydrogens is 424 g/mol. The van der Waals surface area contributed by atoms with Crippen molar-refractivity contribution in [3.8, 4) is 0 Å². The first-order valence-corrected chi connectivity index (χ1v) is 9.70. The Hall–Kier alpha value is -2.87. The van der Waals surface area contributed by atoms with Crippen molar-refractivity contribution in [3.05, 3.63) is 63.9 Å². The largest absolute Gasteiger partial charge is 0.453 e. The SMILES string of the molecule is COC(=O)N1CCc2ccc(Br)cc2C1C(=O)NCc1nc2ccccc2[nH]1. The average molecular weight is 443 g/mol. The number of fused-ring (bicyclic) bond motifs is 2. The molecule has 8 heteroatoms. The third-order valence-corrected chi connectivity index (χ3v) is 5.36. The molecule has 1 aliphatic rings. The minimum absolute atomic E-state index is 0.238. The van der Waals surface area contributed by atoms with Gasteiger partial charge in [-0.3, -0.25) is 9.69 Å². The number of aromatic amines is 1. The lowest BCUT2D eigenvalue weighted by Gasteiger charge is -2.35. The molecule has 3 aromatic rings. The molecule has 1 atom stereocenters. The molecule has 1 aliphatic heterocycles. The first-order chi connectivity index (χ1) is 13.6. The Morgan fingerprint density at radius 2 is 2.14 bits per heavy atom. The average Bonchev–Trinajstić information content (AvgIpc) is 3.13. The number of aromatic nitrogens is 2. The van der Waals surface area contributed by atoms with E-state index in [1.165, 1.54) is 12.0 Å². The number of carbonyl (C=O) groups is 2. The van der Waals surface area contributed by atoms with E-state index in [4.69, 9.17) is 4.74 Å². The number of carbonyl (C=O) groups excluding carboxylic acids is 2. The van der Waals surface area contributed by atoms with Crippen LogP contribution in [0.1, 0.15) is 23.0 Å². The van der Waals surface area contributed by atoms with Gasteiger partial charge in [-0.25, -0.2) is 9.78 Å². The van der Waals surface area contributed by atoms with Crippen LogP contribution in [0.3, 0.4) is 0 Å². The molecule has 0 bridgehead atoms. The third kappa shape index (κ3) is 3.47. The highest BCUT2D eigenvalue weighted by atomic mass is 79.9. The molecule has 2 N–H and O–H groups in total. The number of nitrogens with zero attached hydrogens (tertiary/aromatic N) is 2. The maximum atomic E-state index is 13.1. The predicted molar refractivity (Wildman–Crippen MR) is 108 cm³/mol. The van der Waals surface area contributed by atoms with Crippen LogP contribution >= 0.6 is 15.9 Å². The number of hydrogen-bond acceptors (Lipinski definition) is 4. The van der Waals surface area contributed by atoms with E-state index in [0.717, 1.165) is 26.6 Å². The number of benzene rings is 2. The number of H-pyrrole nitrogens is 1. The fourth-order valence-corrected chi connectivity index (χ4v) is 3.92. The van der Waals surface area contributed by atoms with E-state index in [-0.39, 0.29) is 12.5 Å². The van der Waals surface area contributed by atoms with Crippen LogP contribution in [-0.2, 0) is 22.5 Å². The summed E-state index contributed by atoms with van der Waals surface area (Å²) < 4.78 is 5.75. The van der Waals surface area contributed by atoms with Crippen molar-refractivity contribution >= 4 is 39.0 Å². The van der Waals surface area contributed by atoms with Gasteiger partial charge in [0.15, 0.2) is 0 Å². The first-order valence-electron chi connectivity index (χ1n) is 8.91. The van der Waals surface area contributed by atoms with Crippen molar-refractivity contribution in [1.29, 1.82) is 0 Å². The quantitative estimate of drug-likeness (QED) is 0.651. The van der Waals surface area contributed by atoms with E-state index in [9.17, 15) is 9.59 Å². The summed E-state index contributed by atoms with van der Waals surface area (Å²) in [6, 6.07) is 12.7. The van der Waals surface area contributed by atoms with E-state index >= 15 is 0 Å². The summed E-state index contributed by atoms with van der Waals surface area (Å²) in [6.07, 6.45) is 0.153. The van der Waals surface area contributed by atoms with Crippen LogP contribution < -0.4 is 5.32 Å². The van der Waals surface area contributed by atoms with Crippen LogP contribution in [-0.4, -0.2) is 40.5 Å². The van der Waals surface area contributed by atoms with E-state index in [2.05, 4.69) is 31.2 Å². The number of methoxy groups -OCH3 is 1. The summed E-state index contributed by atoms with van der Waals surface area (Å²) in [6.45, 7) is 0.659. The fraction of sp³-hybridized carbons (Fsp3) is 0.250. The van der Waals surface area contributed by atoms with Gasteiger partial charge in [0.2, 0.25) is 5.91 Å². The molecule has 0 aliphatic carbocycles. The second-order valence-electron chi connectivity index (χ2n) is 6.58. The molecule has 4 rings (SSSR count). The number of amides is 2. The number of halogens is 1. The minimum Gasteiger partial charge on any atom is -0.453 e. The van der Waals surface area contributed by atoms with Gasteiger partial charge in [0, 0.05) is 11.0 Å². The fourth-order valence-electron chi connectivity index (χ4n) is 3.54. The number of para-hydroxylation sites is 2. The zero-order valence-corrected chi connectivity index (χ0v) is 16.8. The lowest BCUT2D eigenvalue weighted by atomic mass is 9.92. The van der Waals surface area contributed by atoms with Gasteiger partial charge in [-0.05, 0) is 41.8 Å². The van der Waals surface area contributed by atoms with Crippen molar-refractivity contribution in [1.82, 2.24) is 20.2 Å². The molecular formula is C20H19BrN4O3. The van der Waals surface area contributed by atoms with Gasteiger partial charge in [-0.15, -0.1) is 0 Å². The number of nitrogens with one attached hydrogen (secondary N) is 2. The van der Waals surface area contributed by atoms with Crippen LogP contribution in [0.5, 0.6) is 0 Å². The predicted octanol–water partition coefficient (Wildman–Crippen LogP) is 3.31. The Morgan fingerprint density at radius 3 is 2.93 bits per heavy atom. The van der Waals surface area contributed by atoms with Gasteiger partial charge >= 0.3 is 6.09 Å². The molecule has 144 valence electrons. The van der Waals surface area contributed by atoms with E-state index in [0.29, 0.717) is 18.8 Å². The number of imidazole rings is 1. The molecule has 28 heavy (non-hydrogen) atoms. The number of ether oxygens (including phenoxy) is 1. The van der Waals surface area contributed by atoms with Crippen molar-refractivity contribution in [2.24, 2.45) is 0 Å². The van der Waals surface area contributed by atoms with E-state index in [1.807, 2.05) is 42.5 Å². The monoisotopic (exact) mass is 442 g/mol. The van der Waals surface area contributed by atoms with E-state index in [1.54, 1.807) is 0 Å². The molecule has 0 spiro atoms. The Labute approximate surface area is 170 Å². The molecule has 1 aromatic heterocycles. The molecule has 2 heterocycles. The van der Waals surface area contributed by atoms with Gasteiger partial charge < -0.3 is 15.0 Å². The van der Waals surface area contributed by atoms with Gasteiger partial charge in [0.1, 0.15) is 11.9 Å². The van der Waals surface area contributed by atoms with Crippen molar-refractivity contribution < 1.29 is 14.3 Å². The Morgan fingerprint density at radius 1 is 1.32 bits per heavy atom. The Balaban J connectivity index is 1.59. The molecule has 0 saturated heterocycles. The molecule has 2 aromatic carbocycles. The second kappa shape index (κ2) is 7.63. The zero-order valence-electron chi connectivity index (χ0n) is 15.2. The Kier molecular flexibility index (Phi) is 5.04. The number of rotatable bonds is 3. The summed E-state index contributed by atoms with van der Waals surface area (Å²) in [4.78, 5) is 34.5. The molecule has 0 saturated carbocycles. The van der Waals surface area contributed by atoms with Gasteiger partial charge in [0.25, 0.3) is 0 Å². The Bertz CT molecular complexity index is 1020. The standard InChI is InChI=1S/C20H19BrN4O3/c1-28-20(27)25-9-8-12-6-7-13(21)10-14(12)18(25)19(26)22-11-17-23-15-4-2-3-5-16(15)24-17/h2-7,10,18H,8-9,11H2,1H3,(H,22,26)(H,23,24). The maximum Gasteiger partial charge on any atom is 0.410 e. The highest BCUT2D eigenvalue weighted by molar-refractivity contribution is 9.10. The number of hydrogen-bond donors (Lipinski definition) is 2. The normalized spacial score (nSPS) is 15.9. The summed E-state index contributed by atoms with van der Waals surface area (Å²) in [5, 5.41) is 2.90. The lowest BCUT2D eigenvalue weighted by Crippen LogP contribution is -2.47. The highest BCUT2D eigenvalue weighted by Crippen LogP contribution is 2.32. The molecule has 7 nitrogen and oxygen atoms in total. The van der Waals surface area contributed by atoms with Crippen LogP contribution in [0.2, 0.25) is 0 Å². The summed E-state index contributed by atoms with van der Waals surface area (Å²) >= 11 is 3.45. The van der Waals surface area contributed by atoms with Crippen LogP contribution in [0, 0.1) is 0 Å². The third-order valence-electron chi connectivity index (χ3n) is 4.86. The van der Waals surface area contributed by atoms with Crippen molar-refractivity contribution in [2.75, 3.05) is 13.7 Å².